The minimum absolute atomic E-state index is 0. The SMILES string of the molecule is O=Cc1cc(S(=O)(=O)[O-])ccc1S(=O)(=O)[O-].[Na+].[Na+]. The molecule has 0 aromatic heterocycles. The molecule has 0 N–H and O–H groups in total. The van der Waals surface area contributed by atoms with Crippen LogP contribution in [0.3, 0.4) is 0 Å². The molecule has 0 heterocycles. The van der Waals surface area contributed by atoms with Gasteiger partial charge in [-0.25, -0.2) is 16.8 Å². The van der Waals surface area contributed by atoms with E-state index >= 15 is 0 Å². The van der Waals surface area contributed by atoms with Crippen LogP contribution in [0, 0.1) is 0 Å². The molecule has 11 heteroatoms. The molecule has 0 saturated heterocycles. The van der Waals surface area contributed by atoms with Crippen molar-refractivity contribution in [3.63, 3.8) is 0 Å². The molecule has 1 rings (SSSR count). The van der Waals surface area contributed by atoms with Crippen molar-refractivity contribution in [1.82, 2.24) is 0 Å². The third kappa shape index (κ3) is 5.37. The first-order valence-corrected chi connectivity index (χ1v) is 6.49. The Balaban J connectivity index is 0. The number of aldehydes is 1. The summed E-state index contributed by atoms with van der Waals surface area (Å²) >= 11 is 0. The molecule has 0 radical (unpaired) electrons. The van der Waals surface area contributed by atoms with Crippen LogP contribution in [0.15, 0.2) is 28.0 Å². The number of carbonyl (C=O) groups is 1. The number of rotatable bonds is 3. The number of hydrogen-bond acceptors (Lipinski definition) is 7. The van der Waals surface area contributed by atoms with E-state index in [4.69, 9.17) is 0 Å². The molecule has 0 aliphatic carbocycles. The van der Waals surface area contributed by atoms with Gasteiger partial charge in [0, 0.05) is 5.56 Å². The number of carbonyl (C=O) groups excluding carboxylic acids is 1. The second-order valence-corrected chi connectivity index (χ2v) is 5.45. The van der Waals surface area contributed by atoms with Crippen molar-refractivity contribution in [2.45, 2.75) is 9.79 Å². The normalized spacial score (nSPS) is 11.0. The van der Waals surface area contributed by atoms with Crippen LogP contribution in [0.2, 0.25) is 0 Å². The van der Waals surface area contributed by atoms with Crippen molar-refractivity contribution in [1.29, 1.82) is 0 Å². The van der Waals surface area contributed by atoms with Gasteiger partial charge >= 0.3 is 59.1 Å². The van der Waals surface area contributed by atoms with E-state index < -0.39 is 35.6 Å². The molecule has 0 atom stereocenters. The molecule has 18 heavy (non-hydrogen) atoms. The summed E-state index contributed by atoms with van der Waals surface area (Å²) in [6, 6.07) is 1.80. The van der Waals surface area contributed by atoms with Gasteiger partial charge in [-0.05, 0) is 18.2 Å². The molecule has 0 aliphatic rings. The van der Waals surface area contributed by atoms with E-state index in [0.29, 0.717) is 18.2 Å². The van der Waals surface area contributed by atoms with Crippen molar-refractivity contribution in [3.05, 3.63) is 23.8 Å². The summed E-state index contributed by atoms with van der Waals surface area (Å²) in [6.07, 6.45) is -0.0144. The second-order valence-electron chi connectivity index (χ2n) is 2.73. The molecular formula is C7H4Na2O7S2. The predicted molar refractivity (Wildman–Crippen MR) is 47.8 cm³/mol. The summed E-state index contributed by atoms with van der Waals surface area (Å²) in [5, 5.41) is 0. The molecule has 0 fully saturated rings. The van der Waals surface area contributed by atoms with E-state index in [0.717, 1.165) is 0 Å². The van der Waals surface area contributed by atoms with E-state index in [-0.39, 0.29) is 65.4 Å². The second kappa shape index (κ2) is 7.48. The van der Waals surface area contributed by atoms with Gasteiger partial charge in [0.05, 0.1) is 9.79 Å². The van der Waals surface area contributed by atoms with Gasteiger partial charge in [-0.2, -0.15) is 0 Å². The number of benzene rings is 1. The van der Waals surface area contributed by atoms with Crippen LogP contribution < -0.4 is 59.1 Å². The minimum atomic E-state index is -4.89. The first-order chi connectivity index (χ1) is 7.16. The summed E-state index contributed by atoms with van der Waals surface area (Å²) in [6.45, 7) is 0. The maximum atomic E-state index is 10.6. The van der Waals surface area contributed by atoms with Crippen molar-refractivity contribution in [2.24, 2.45) is 0 Å². The van der Waals surface area contributed by atoms with Gasteiger partial charge in [-0.1, -0.05) is 0 Å². The summed E-state index contributed by atoms with van der Waals surface area (Å²) < 4.78 is 63.6. The molecular weight excluding hydrogens is 306 g/mol. The zero-order chi connectivity index (χ0) is 12.6. The van der Waals surface area contributed by atoms with Crippen LogP contribution in [0.4, 0.5) is 0 Å². The van der Waals surface area contributed by atoms with Crippen molar-refractivity contribution in [2.75, 3.05) is 0 Å². The van der Waals surface area contributed by atoms with Gasteiger partial charge in [0.2, 0.25) is 0 Å². The van der Waals surface area contributed by atoms with Crippen LogP contribution in [-0.2, 0) is 20.2 Å². The number of hydrogen-bond donors (Lipinski definition) is 0. The Hall–Kier alpha value is 0.710. The van der Waals surface area contributed by atoms with Gasteiger partial charge in [0.15, 0.2) is 6.29 Å². The Morgan fingerprint density at radius 1 is 0.944 bits per heavy atom. The van der Waals surface area contributed by atoms with E-state index in [1.807, 2.05) is 0 Å². The van der Waals surface area contributed by atoms with Gasteiger partial charge in [-0.3, -0.25) is 4.79 Å². The first kappa shape index (κ1) is 21.0. The summed E-state index contributed by atoms with van der Waals surface area (Å²) in [5.41, 5.74) is -0.660. The van der Waals surface area contributed by atoms with Gasteiger partial charge in [-0.15, -0.1) is 0 Å². The van der Waals surface area contributed by atoms with Crippen molar-refractivity contribution in [3.8, 4) is 0 Å². The maximum Gasteiger partial charge on any atom is 1.00 e. The fourth-order valence-corrected chi connectivity index (χ4v) is 2.14. The van der Waals surface area contributed by atoms with Crippen LogP contribution >= 0.6 is 0 Å². The average Bonchev–Trinajstić information content (AvgIpc) is 2.14. The predicted octanol–water partition coefficient (Wildman–Crippen LogP) is -6.68. The maximum absolute atomic E-state index is 10.6. The van der Waals surface area contributed by atoms with E-state index in [2.05, 4.69) is 0 Å². The van der Waals surface area contributed by atoms with E-state index in [1.54, 1.807) is 0 Å². The van der Waals surface area contributed by atoms with E-state index in [1.165, 1.54) is 0 Å². The average molecular weight is 310 g/mol. The minimum Gasteiger partial charge on any atom is -0.744 e. The van der Waals surface area contributed by atoms with Crippen LogP contribution in [0.5, 0.6) is 0 Å². The molecule has 0 aliphatic heterocycles. The van der Waals surface area contributed by atoms with E-state index in [9.17, 15) is 30.7 Å². The molecule has 0 unspecified atom stereocenters. The van der Waals surface area contributed by atoms with Gasteiger partial charge < -0.3 is 9.11 Å². The van der Waals surface area contributed by atoms with Gasteiger partial charge in [0.25, 0.3) is 0 Å². The first-order valence-electron chi connectivity index (χ1n) is 3.67. The van der Waals surface area contributed by atoms with Crippen LogP contribution in [-0.4, -0.2) is 32.2 Å². The standard InChI is InChI=1S/C7H6O7S2.2Na/c8-4-5-3-6(15(9,10)11)1-2-7(5)16(12,13)14;;/h1-4H,(H,9,10,11)(H,12,13,14);;/q;2*+1/p-2. The zero-order valence-electron chi connectivity index (χ0n) is 9.48. The largest absolute Gasteiger partial charge is 1.00 e. The third-order valence-electron chi connectivity index (χ3n) is 1.67. The Morgan fingerprint density at radius 3 is 1.78 bits per heavy atom. The summed E-state index contributed by atoms with van der Waals surface area (Å²) in [5.74, 6) is 0. The Labute approximate surface area is 148 Å². The summed E-state index contributed by atoms with van der Waals surface area (Å²) in [4.78, 5) is 8.81. The molecule has 0 spiro atoms. The quantitative estimate of drug-likeness (QED) is 0.308. The Kier molecular flexibility index (Phi) is 8.73. The Bertz CT molecular complexity index is 636. The molecule has 1 aromatic carbocycles. The van der Waals surface area contributed by atoms with Crippen LogP contribution in [0.25, 0.3) is 0 Å². The molecule has 0 bridgehead atoms. The fraction of sp³-hybridized carbons (Fsp3) is 0. The van der Waals surface area contributed by atoms with Crippen molar-refractivity contribution >= 4 is 26.5 Å². The zero-order valence-corrected chi connectivity index (χ0v) is 15.1. The Morgan fingerprint density at radius 2 is 1.44 bits per heavy atom. The molecule has 88 valence electrons. The topological polar surface area (TPSA) is 131 Å². The van der Waals surface area contributed by atoms with Crippen LogP contribution in [0.1, 0.15) is 10.4 Å². The monoisotopic (exact) mass is 310 g/mol. The molecule has 0 saturated carbocycles. The molecule has 0 amide bonds. The fourth-order valence-electron chi connectivity index (χ4n) is 1.00. The molecule has 7 nitrogen and oxygen atoms in total. The smallest absolute Gasteiger partial charge is 0.744 e. The van der Waals surface area contributed by atoms with Gasteiger partial charge in [0.1, 0.15) is 20.2 Å². The summed E-state index contributed by atoms with van der Waals surface area (Å²) in [7, 11) is -9.69. The third-order valence-corrected chi connectivity index (χ3v) is 3.41. The van der Waals surface area contributed by atoms with Crippen molar-refractivity contribution < 1.29 is 89.9 Å². The molecule has 1 aromatic rings.